The maximum absolute atomic E-state index is 9.13. The van der Waals surface area contributed by atoms with Crippen molar-refractivity contribution >= 4 is 6.08 Å². The van der Waals surface area contributed by atoms with Crippen LogP contribution >= 0.6 is 0 Å². The molecule has 2 aromatic rings. The minimum absolute atomic E-state index is 0.687. The molecule has 2 aromatic carbocycles. The van der Waals surface area contributed by atoms with Gasteiger partial charge >= 0.3 is 0 Å². The molecule has 0 aromatic heterocycles. The molecule has 0 saturated heterocycles. The third-order valence-corrected chi connectivity index (χ3v) is 2.52. The highest BCUT2D eigenvalue weighted by Crippen LogP contribution is 2.11. The summed E-state index contributed by atoms with van der Waals surface area (Å²) in [6.07, 6.45) is 2.62. The Kier molecular flexibility index (Phi) is 3.72. The number of allylic oxidation sites excluding steroid dienone is 1. The molecule has 17 heavy (non-hydrogen) atoms. The van der Waals surface area contributed by atoms with Gasteiger partial charge in [-0.1, -0.05) is 60.7 Å². The third kappa shape index (κ3) is 3.32. The summed E-state index contributed by atoms with van der Waals surface area (Å²) in [5, 5.41) is 9.13. The van der Waals surface area contributed by atoms with Gasteiger partial charge in [0.2, 0.25) is 0 Å². The molecule has 2 rings (SSSR count). The Morgan fingerprint density at radius 1 is 0.941 bits per heavy atom. The third-order valence-electron chi connectivity index (χ3n) is 2.52. The summed E-state index contributed by atoms with van der Waals surface area (Å²) in [6.45, 7) is 0. The van der Waals surface area contributed by atoms with Crippen LogP contribution in [0.25, 0.3) is 6.08 Å². The number of benzene rings is 2. The molecule has 0 heterocycles. The molecule has 1 nitrogen and oxygen atoms in total. The lowest BCUT2D eigenvalue weighted by molar-refractivity contribution is 1.21. The van der Waals surface area contributed by atoms with E-state index in [1.54, 1.807) is 0 Å². The Morgan fingerprint density at radius 3 is 2.12 bits per heavy atom. The van der Waals surface area contributed by atoms with Gasteiger partial charge in [0.1, 0.15) is 0 Å². The lowest BCUT2D eigenvalue weighted by Crippen LogP contribution is -1.87. The van der Waals surface area contributed by atoms with Gasteiger partial charge in [0.15, 0.2) is 0 Å². The van der Waals surface area contributed by atoms with Crippen molar-refractivity contribution in [1.82, 2.24) is 0 Å². The fraction of sp³-hybridized carbons (Fsp3) is 0.0625. The van der Waals surface area contributed by atoms with Crippen molar-refractivity contribution in [3.8, 4) is 6.07 Å². The minimum Gasteiger partial charge on any atom is -0.193 e. The smallest absolute Gasteiger partial charge is 0.0950 e. The molecule has 0 atom stereocenters. The topological polar surface area (TPSA) is 23.8 Å². The zero-order valence-electron chi connectivity index (χ0n) is 9.51. The first-order chi connectivity index (χ1) is 8.38. The lowest BCUT2D eigenvalue weighted by Gasteiger charge is -1.99. The molecule has 0 saturated carbocycles. The Bertz CT molecular complexity index is 533. The van der Waals surface area contributed by atoms with Crippen molar-refractivity contribution in [2.45, 2.75) is 6.42 Å². The predicted octanol–water partition coefficient (Wildman–Crippen LogP) is 3.84. The Hall–Kier alpha value is -2.33. The highest BCUT2D eigenvalue weighted by molar-refractivity contribution is 5.57. The van der Waals surface area contributed by atoms with Gasteiger partial charge < -0.3 is 0 Å². The van der Waals surface area contributed by atoms with E-state index in [0.29, 0.717) is 6.42 Å². The molecule has 0 amide bonds. The van der Waals surface area contributed by atoms with Crippen LogP contribution in [0.2, 0.25) is 0 Å². The molecule has 82 valence electrons. The van der Waals surface area contributed by atoms with E-state index in [2.05, 4.69) is 6.07 Å². The normalized spacial score (nSPS) is 10.9. The summed E-state index contributed by atoms with van der Waals surface area (Å²) < 4.78 is 0. The van der Waals surface area contributed by atoms with E-state index >= 15 is 0 Å². The first-order valence-corrected chi connectivity index (χ1v) is 5.58. The minimum atomic E-state index is 0.687. The average Bonchev–Trinajstić information content (AvgIpc) is 2.40. The van der Waals surface area contributed by atoms with Crippen LogP contribution in [0, 0.1) is 11.3 Å². The fourth-order valence-electron chi connectivity index (χ4n) is 1.69. The van der Waals surface area contributed by atoms with Gasteiger partial charge in [-0.3, -0.25) is 0 Å². The second-order valence-corrected chi connectivity index (χ2v) is 3.85. The quantitative estimate of drug-likeness (QED) is 0.719. The monoisotopic (exact) mass is 219 g/mol. The van der Waals surface area contributed by atoms with Crippen LogP contribution in [0.3, 0.4) is 0 Å². The van der Waals surface area contributed by atoms with Gasteiger partial charge in [-0.15, -0.1) is 0 Å². The number of hydrogen-bond donors (Lipinski definition) is 0. The van der Waals surface area contributed by atoms with Crippen LogP contribution in [0.15, 0.2) is 66.2 Å². The maximum Gasteiger partial charge on any atom is 0.0950 e. The SMILES string of the molecule is N#C/C(=C/c1ccccc1)Cc1ccccc1. The molecular formula is C16H13N. The second kappa shape index (κ2) is 5.67. The molecule has 1 heteroatoms. The second-order valence-electron chi connectivity index (χ2n) is 3.85. The first kappa shape index (κ1) is 11.2. The van der Waals surface area contributed by atoms with Crippen molar-refractivity contribution in [3.05, 3.63) is 77.4 Å². The predicted molar refractivity (Wildman–Crippen MR) is 70.2 cm³/mol. The van der Waals surface area contributed by atoms with Crippen LogP contribution < -0.4 is 0 Å². The Morgan fingerprint density at radius 2 is 1.53 bits per heavy atom. The van der Waals surface area contributed by atoms with Crippen LogP contribution in [0.5, 0.6) is 0 Å². The van der Waals surface area contributed by atoms with E-state index in [0.717, 1.165) is 16.7 Å². The molecule has 0 aliphatic rings. The van der Waals surface area contributed by atoms with Gasteiger partial charge in [-0.25, -0.2) is 0 Å². The Labute approximate surface area is 102 Å². The van der Waals surface area contributed by atoms with Gasteiger partial charge in [-0.05, 0) is 17.2 Å². The van der Waals surface area contributed by atoms with Crippen molar-refractivity contribution in [2.24, 2.45) is 0 Å². The zero-order chi connectivity index (χ0) is 11.9. The van der Waals surface area contributed by atoms with Crippen molar-refractivity contribution in [3.63, 3.8) is 0 Å². The molecule has 0 spiro atoms. The fourth-order valence-corrected chi connectivity index (χ4v) is 1.69. The van der Waals surface area contributed by atoms with Gasteiger partial charge in [0.25, 0.3) is 0 Å². The van der Waals surface area contributed by atoms with Crippen molar-refractivity contribution in [2.75, 3.05) is 0 Å². The number of hydrogen-bond acceptors (Lipinski definition) is 1. The van der Waals surface area contributed by atoms with E-state index in [1.807, 2.05) is 66.7 Å². The largest absolute Gasteiger partial charge is 0.193 e. The Balaban J connectivity index is 2.19. The van der Waals surface area contributed by atoms with E-state index in [1.165, 1.54) is 0 Å². The number of nitrogens with zero attached hydrogens (tertiary/aromatic N) is 1. The first-order valence-electron chi connectivity index (χ1n) is 5.58. The summed E-state index contributed by atoms with van der Waals surface area (Å²) in [7, 11) is 0. The van der Waals surface area contributed by atoms with Crippen molar-refractivity contribution < 1.29 is 0 Å². The van der Waals surface area contributed by atoms with Gasteiger partial charge in [-0.2, -0.15) is 5.26 Å². The molecule has 0 aliphatic heterocycles. The van der Waals surface area contributed by atoms with Crippen molar-refractivity contribution in [1.29, 1.82) is 5.26 Å². The summed E-state index contributed by atoms with van der Waals surface area (Å²) >= 11 is 0. The van der Waals surface area contributed by atoms with E-state index in [9.17, 15) is 0 Å². The highest BCUT2D eigenvalue weighted by Gasteiger charge is 1.98. The van der Waals surface area contributed by atoms with Crippen LogP contribution in [-0.4, -0.2) is 0 Å². The van der Waals surface area contributed by atoms with E-state index in [-0.39, 0.29) is 0 Å². The molecular weight excluding hydrogens is 206 g/mol. The van der Waals surface area contributed by atoms with Crippen LogP contribution in [0.4, 0.5) is 0 Å². The molecule has 0 N–H and O–H groups in total. The molecule has 0 fully saturated rings. The average molecular weight is 219 g/mol. The van der Waals surface area contributed by atoms with Gasteiger partial charge in [0.05, 0.1) is 6.07 Å². The highest BCUT2D eigenvalue weighted by atomic mass is 14.2. The number of rotatable bonds is 3. The molecule has 0 radical (unpaired) electrons. The molecule has 0 bridgehead atoms. The van der Waals surface area contributed by atoms with E-state index in [4.69, 9.17) is 5.26 Å². The lowest BCUT2D eigenvalue weighted by atomic mass is 10.0. The number of nitriles is 1. The summed E-state index contributed by atoms with van der Waals surface area (Å²) in [5.41, 5.74) is 3.01. The summed E-state index contributed by atoms with van der Waals surface area (Å²) in [6, 6.07) is 22.2. The summed E-state index contributed by atoms with van der Waals surface area (Å²) in [4.78, 5) is 0. The van der Waals surface area contributed by atoms with Crippen LogP contribution in [-0.2, 0) is 6.42 Å². The van der Waals surface area contributed by atoms with Crippen LogP contribution in [0.1, 0.15) is 11.1 Å². The standard InChI is InChI=1S/C16H13N/c17-13-16(11-14-7-3-1-4-8-14)12-15-9-5-2-6-10-15/h1-11H,12H2/b16-11+. The van der Waals surface area contributed by atoms with E-state index < -0.39 is 0 Å². The zero-order valence-corrected chi connectivity index (χ0v) is 9.51. The van der Waals surface area contributed by atoms with Gasteiger partial charge in [0, 0.05) is 12.0 Å². The summed E-state index contributed by atoms with van der Waals surface area (Å²) in [5.74, 6) is 0. The maximum atomic E-state index is 9.13. The molecule has 0 unspecified atom stereocenters. The molecule has 0 aliphatic carbocycles.